The van der Waals surface area contributed by atoms with E-state index in [4.69, 9.17) is 11.7 Å². The lowest BCUT2D eigenvalue weighted by molar-refractivity contribution is -0.121. The molecule has 0 saturated heterocycles. The molecule has 19 heavy (non-hydrogen) atoms. The maximum absolute atomic E-state index is 11.3. The first kappa shape index (κ1) is 16.2. The molecule has 0 spiro atoms. The highest BCUT2D eigenvalue weighted by Gasteiger charge is 2.19. The van der Waals surface area contributed by atoms with Crippen molar-refractivity contribution in [1.82, 2.24) is 21.0 Å². The SMILES string of the molecule is C[C@@H](Sc1nnc(S[C@H](C)C(=O)NN)s1)C(=O)NN. The molecular weight excluding hydrogens is 308 g/mol. The molecule has 6 N–H and O–H groups in total. The van der Waals surface area contributed by atoms with Gasteiger partial charge in [-0.05, 0) is 13.8 Å². The van der Waals surface area contributed by atoms with Crippen molar-refractivity contribution >= 4 is 46.7 Å². The second-order valence-corrected chi connectivity index (χ2v) is 7.52. The van der Waals surface area contributed by atoms with Crippen LogP contribution in [0.5, 0.6) is 0 Å². The largest absolute Gasteiger partial charge is 0.293 e. The van der Waals surface area contributed by atoms with Crippen LogP contribution >= 0.6 is 34.9 Å². The average Bonchev–Trinajstić information content (AvgIpc) is 2.83. The Hall–Kier alpha value is -0.880. The van der Waals surface area contributed by atoms with Gasteiger partial charge in [-0.1, -0.05) is 34.9 Å². The number of thioether (sulfide) groups is 2. The molecule has 1 rings (SSSR count). The van der Waals surface area contributed by atoms with Crippen LogP contribution in [0.3, 0.4) is 0 Å². The number of hydrogen-bond acceptors (Lipinski definition) is 9. The first-order valence-electron chi connectivity index (χ1n) is 5.15. The first-order valence-corrected chi connectivity index (χ1v) is 7.73. The van der Waals surface area contributed by atoms with Gasteiger partial charge in [0, 0.05) is 0 Å². The van der Waals surface area contributed by atoms with Gasteiger partial charge in [-0.15, -0.1) is 10.2 Å². The number of carbonyl (C=O) groups excluding carboxylic acids is 2. The van der Waals surface area contributed by atoms with Crippen LogP contribution in [0.1, 0.15) is 13.8 Å². The molecule has 1 aromatic rings. The Morgan fingerprint density at radius 3 is 1.74 bits per heavy atom. The molecule has 0 unspecified atom stereocenters. The second kappa shape index (κ2) is 7.65. The van der Waals surface area contributed by atoms with Crippen LogP contribution in [0.25, 0.3) is 0 Å². The molecule has 0 radical (unpaired) electrons. The van der Waals surface area contributed by atoms with Gasteiger partial charge in [-0.3, -0.25) is 20.4 Å². The van der Waals surface area contributed by atoms with Crippen molar-refractivity contribution in [3.63, 3.8) is 0 Å². The molecule has 0 saturated carbocycles. The van der Waals surface area contributed by atoms with Crippen LogP contribution in [0.15, 0.2) is 8.68 Å². The number of hydrogen-bond donors (Lipinski definition) is 4. The third kappa shape index (κ3) is 4.95. The zero-order valence-electron chi connectivity index (χ0n) is 10.2. The average molecular weight is 322 g/mol. The third-order valence-electron chi connectivity index (χ3n) is 1.97. The first-order chi connectivity index (χ1) is 8.97. The van der Waals surface area contributed by atoms with Crippen molar-refractivity contribution in [3.05, 3.63) is 0 Å². The molecule has 1 aromatic heterocycles. The van der Waals surface area contributed by atoms with E-state index in [1.807, 2.05) is 0 Å². The summed E-state index contributed by atoms with van der Waals surface area (Å²) in [4.78, 5) is 22.5. The van der Waals surface area contributed by atoms with Crippen LogP contribution < -0.4 is 22.5 Å². The van der Waals surface area contributed by atoms with Crippen LogP contribution in [0, 0.1) is 0 Å². The highest BCUT2D eigenvalue weighted by atomic mass is 32.2. The summed E-state index contributed by atoms with van der Waals surface area (Å²) in [7, 11) is 0. The van der Waals surface area contributed by atoms with Gasteiger partial charge in [-0.25, -0.2) is 11.7 Å². The van der Waals surface area contributed by atoms with E-state index in [9.17, 15) is 9.59 Å². The number of carbonyl (C=O) groups is 2. The minimum atomic E-state index is -0.361. The zero-order valence-corrected chi connectivity index (χ0v) is 12.7. The fraction of sp³-hybridized carbons (Fsp3) is 0.500. The van der Waals surface area contributed by atoms with E-state index < -0.39 is 0 Å². The number of nitrogens with zero attached hydrogens (tertiary/aromatic N) is 2. The van der Waals surface area contributed by atoms with Gasteiger partial charge in [0.05, 0.1) is 10.5 Å². The van der Waals surface area contributed by atoms with Crippen molar-refractivity contribution in [1.29, 1.82) is 0 Å². The van der Waals surface area contributed by atoms with E-state index in [0.717, 1.165) is 0 Å². The number of nitrogens with two attached hydrogens (primary N) is 2. The van der Waals surface area contributed by atoms with E-state index in [2.05, 4.69) is 21.0 Å². The Morgan fingerprint density at radius 2 is 1.42 bits per heavy atom. The second-order valence-electron chi connectivity index (χ2n) is 3.37. The molecule has 2 atom stereocenters. The fourth-order valence-electron chi connectivity index (χ4n) is 0.937. The molecule has 8 nitrogen and oxygen atoms in total. The lowest BCUT2D eigenvalue weighted by Crippen LogP contribution is -2.36. The van der Waals surface area contributed by atoms with Crippen molar-refractivity contribution < 1.29 is 9.59 Å². The Balaban J connectivity index is 2.57. The number of rotatable bonds is 6. The quantitative estimate of drug-likeness (QED) is 0.238. The van der Waals surface area contributed by atoms with Crippen molar-refractivity contribution in [2.75, 3.05) is 0 Å². The Labute approximate surface area is 122 Å². The summed E-state index contributed by atoms with van der Waals surface area (Å²) in [5.74, 6) is 9.51. The molecule has 11 heteroatoms. The monoisotopic (exact) mass is 322 g/mol. The third-order valence-corrected chi connectivity index (χ3v) is 5.26. The molecular formula is C8H14N6O2S3. The molecule has 106 valence electrons. The van der Waals surface area contributed by atoms with Crippen molar-refractivity contribution in [2.45, 2.75) is 33.0 Å². The number of aromatic nitrogens is 2. The Kier molecular flexibility index (Phi) is 6.51. The van der Waals surface area contributed by atoms with Crippen LogP contribution in [0.2, 0.25) is 0 Å². The lowest BCUT2D eigenvalue weighted by Gasteiger charge is -2.06. The van der Waals surface area contributed by atoms with Crippen molar-refractivity contribution in [2.24, 2.45) is 11.7 Å². The normalized spacial score (nSPS) is 13.7. The molecule has 0 bridgehead atoms. The molecule has 0 aliphatic rings. The predicted molar refractivity (Wildman–Crippen MR) is 75.2 cm³/mol. The minimum absolute atomic E-state index is 0.287. The zero-order chi connectivity index (χ0) is 14.4. The summed E-state index contributed by atoms with van der Waals surface area (Å²) in [5.41, 5.74) is 4.14. The molecule has 2 amide bonds. The molecule has 1 heterocycles. The topological polar surface area (TPSA) is 136 Å². The van der Waals surface area contributed by atoms with Gasteiger partial charge in [0.1, 0.15) is 0 Å². The smallest absolute Gasteiger partial charge is 0.247 e. The van der Waals surface area contributed by atoms with E-state index in [-0.39, 0.29) is 22.3 Å². The Bertz CT molecular complexity index is 415. The van der Waals surface area contributed by atoms with E-state index in [1.165, 1.54) is 34.9 Å². The van der Waals surface area contributed by atoms with E-state index in [1.54, 1.807) is 13.8 Å². The molecule has 0 aliphatic carbocycles. The standard InChI is InChI=1S/C8H14N6O2S3/c1-3(5(15)11-9)17-7-13-14-8(19-7)18-4(2)6(16)12-10/h3-4H,9-10H2,1-2H3,(H,11,15)(H,12,16)/t3-,4-/m1/s1. The van der Waals surface area contributed by atoms with Gasteiger partial charge in [0.2, 0.25) is 11.8 Å². The number of hydrazine groups is 2. The van der Waals surface area contributed by atoms with Gasteiger partial charge in [-0.2, -0.15) is 0 Å². The van der Waals surface area contributed by atoms with Crippen LogP contribution in [-0.2, 0) is 9.59 Å². The summed E-state index contributed by atoms with van der Waals surface area (Å²) < 4.78 is 1.28. The lowest BCUT2D eigenvalue weighted by atomic mass is 10.5. The maximum Gasteiger partial charge on any atom is 0.247 e. The minimum Gasteiger partial charge on any atom is -0.293 e. The van der Waals surface area contributed by atoms with Crippen LogP contribution in [0.4, 0.5) is 0 Å². The van der Waals surface area contributed by atoms with Gasteiger partial charge in [0.25, 0.3) is 0 Å². The Morgan fingerprint density at radius 1 is 1.05 bits per heavy atom. The van der Waals surface area contributed by atoms with Crippen molar-refractivity contribution in [3.8, 4) is 0 Å². The number of nitrogens with one attached hydrogen (secondary N) is 2. The highest BCUT2D eigenvalue weighted by Crippen LogP contribution is 2.32. The summed E-state index contributed by atoms with van der Waals surface area (Å²) in [6.45, 7) is 3.43. The maximum atomic E-state index is 11.3. The predicted octanol–water partition coefficient (Wildman–Crippen LogP) is -0.521. The van der Waals surface area contributed by atoms with Crippen LogP contribution in [-0.4, -0.2) is 32.5 Å². The fourth-order valence-corrected chi connectivity index (χ4v) is 4.26. The summed E-state index contributed by atoms with van der Waals surface area (Å²) in [5, 5.41) is 7.15. The molecule has 0 fully saturated rings. The number of amides is 2. The van der Waals surface area contributed by atoms with E-state index in [0.29, 0.717) is 8.68 Å². The van der Waals surface area contributed by atoms with E-state index >= 15 is 0 Å². The summed E-state index contributed by atoms with van der Waals surface area (Å²) in [6.07, 6.45) is 0. The molecule has 0 aliphatic heterocycles. The summed E-state index contributed by atoms with van der Waals surface area (Å²) >= 11 is 3.81. The summed E-state index contributed by atoms with van der Waals surface area (Å²) in [6, 6.07) is 0. The highest BCUT2D eigenvalue weighted by molar-refractivity contribution is 8.04. The molecule has 0 aromatic carbocycles. The van der Waals surface area contributed by atoms with Gasteiger partial charge < -0.3 is 0 Å². The van der Waals surface area contributed by atoms with Gasteiger partial charge in [0.15, 0.2) is 8.68 Å². The van der Waals surface area contributed by atoms with Gasteiger partial charge >= 0.3 is 0 Å².